The minimum atomic E-state index is -0.130. The highest BCUT2D eigenvalue weighted by atomic mass is 15.1. The topological polar surface area (TPSA) is 64.7 Å². The molecule has 0 aliphatic carbocycles. The van der Waals surface area contributed by atoms with Gasteiger partial charge in [0.25, 0.3) is 0 Å². The first kappa shape index (κ1) is 14.4. The number of hydrogen-bond acceptors (Lipinski definition) is 4. The quantitative estimate of drug-likeness (QED) is 0.911. The summed E-state index contributed by atoms with van der Waals surface area (Å²) >= 11 is 0. The molecule has 1 aromatic carbocycles. The van der Waals surface area contributed by atoms with Crippen molar-refractivity contribution < 1.29 is 0 Å². The van der Waals surface area contributed by atoms with Crippen molar-refractivity contribution in [2.75, 3.05) is 5.73 Å². The van der Waals surface area contributed by atoms with E-state index in [-0.39, 0.29) is 5.41 Å². The Labute approximate surface area is 120 Å². The van der Waals surface area contributed by atoms with Gasteiger partial charge in [-0.2, -0.15) is 9.97 Å². The van der Waals surface area contributed by atoms with E-state index in [0.29, 0.717) is 12.4 Å². The molecular weight excluding hydrogens is 248 g/mol. The molecule has 0 saturated heterocycles. The smallest absolute Gasteiger partial charge is 0.223 e. The normalized spacial score (nSPS) is 11.7. The zero-order chi connectivity index (χ0) is 14.9. The molecule has 20 heavy (non-hydrogen) atoms. The second-order valence-electron chi connectivity index (χ2n) is 6.28. The fraction of sp³-hybridized carbons (Fsp3) is 0.438. The van der Waals surface area contributed by atoms with Crippen LogP contribution in [0.2, 0.25) is 0 Å². The number of rotatable bonds is 2. The van der Waals surface area contributed by atoms with Crippen LogP contribution in [-0.2, 0) is 11.8 Å². The van der Waals surface area contributed by atoms with Crippen LogP contribution in [0.1, 0.15) is 49.1 Å². The molecule has 2 aromatic rings. The molecule has 0 saturated carbocycles. The molecule has 0 aliphatic heterocycles. The molecule has 0 atom stereocenters. The van der Waals surface area contributed by atoms with E-state index in [2.05, 4.69) is 67.8 Å². The Hall–Kier alpha value is -1.97. The van der Waals surface area contributed by atoms with Crippen molar-refractivity contribution in [1.29, 1.82) is 0 Å². The predicted octanol–water partition coefficient (Wildman–Crippen LogP) is 2.96. The summed E-state index contributed by atoms with van der Waals surface area (Å²) in [4.78, 5) is 13.0. The molecular formula is C16H22N4. The lowest BCUT2D eigenvalue weighted by Gasteiger charge is -2.17. The zero-order valence-corrected chi connectivity index (χ0v) is 12.9. The molecule has 0 spiro atoms. The summed E-state index contributed by atoms with van der Waals surface area (Å²) < 4.78 is 0. The first-order valence-electron chi connectivity index (χ1n) is 6.83. The summed E-state index contributed by atoms with van der Waals surface area (Å²) in [5, 5.41) is 0. The van der Waals surface area contributed by atoms with Gasteiger partial charge in [0.1, 0.15) is 11.6 Å². The van der Waals surface area contributed by atoms with Crippen molar-refractivity contribution in [1.82, 2.24) is 15.0 Å². The molecule has 2 N–H and O–H groups in total. The van der Waals surface area contributed by atoms with Gasteiger partial charge >= 0.3 is 0 Å². The molecule has 4 heteroatoms. The van der Waals surface area contributed by atoms with Crippen molar-refractivity contribution in [3.63, 3.8) is 0 Å². The van der Waals surface area contributed by atoms with E-state index in [9.17, 15) is 0 Å². The maximum absolute atomic E-state index is 5.80. The zero-order valence-electron chi connectivity index (χ0n) is 12.9. The fourth-order valence-corrected chi connectivity index (χ4v) is 1.95. The highest BCUT2D eigenvalue weighted by molar-refractivity contribution is 5.32. The summed E-state index contributed by atoms with van der Waals surface area (Å²) in [6.45, 7) is 10.4. The Morgan fingerprint density at radius 1 is 1.00 bits per heavy atom. The van der Waals surface area contributed by atoms with Crippen LogP contribution in [0.5, 0.6) is 0 Å². The standard InChI is InChI=1S/C16H22N4/c1-10-6-7-12(8-11(10)2)9-13-18-14(16(3,4)5)20-15(17)19-13/h6-8H,9H2,1-5H3,(H2,17,18,19,20). The number of benzene rings is 1. The third-order valence-corrected chi connectivity index (χ3v) is 3.30. The van der Waals surface area contributed by atoms with Gasteiger partial charge in [-0.05, 0) is 30.5 Å². The SMILES string of the molecule is Cc1ccc(Cc2nc(N)nc(C(C)(C)C)n2)cc1C. The Balaban J connectivity index is 2.33. The van der Waals surface area contributed by atoms with E-state index in [0.717, 1.165) is 11.6 Å². The number of aryl methyl sites for hydroxylation is 2. The van der Waals surface area contributed by atoms with E-state index < -0.39 is 0 Å². The minimum Gasteiger partial charge on any atom is -0.368 e. The van der Waals surface area contributed by atoms with Crippen molar-refractivity contribution in [2.24, 2.45) is 0 Å². The number of aromatic nitrogens is 3. The number of nitrogen functional groups attached to an aromatic ring is 1. The van der Waals surface area contributed by atoms with E-state index in [1.165, 1.54) is 16.7 Å². The second kappa shape index (κ2) is 5.19. The number of anilines is 1. The van der Waals surface area contributed by atoms with Gasteiger partial charge < -0.3 is 5.73 Å². The molecule has 4 nitrogen and oxygen atoms in total. The van der Waals surface area contributed by atoms with E-state index >= 15 is 0 Å². The third-order valence-electron chi connectivity index (χ3n) is 3.30. The van der Waals surface area contributed by atoms with Gasteiger partial charge in [-0.3, -0.25) is 0 Å². The highest BCUT2D eigenvalue weighted by Gasteiger charge is 2.19. The lowest BCUT2D eigenvalue weighted by molar-refractivity contribution is 0.538. The Bertz CT molecular complexity index is 627. The van der Waals surface area contributed by atoms with Gasteiger partial charge in [0.05, 0.1) is 0 Å². The summed E-state index contributed by atoms with van der Waals surface area (Å²) in [5.74, 6) is 1.76. The molecule has 0 fully saturated rings. The molecule has 0 radical (unpaired) electrons. The summed E-state index contributed by atoms with van der Waals surface area (Å²) in [7, 11) is 0. The van der Waals surface area contributed by atoms with Gasteiger partial charge in [0.2, 0.25) is 5.95 Å². The molecule has 0 bridgehead atoms. The molecule has 2 rings (SSSR count). The van der Waals surface area contributed by atoms with Crippen molar-refractivity contribution >= 4 is 5.95 Å². The average Bonchev–Trinajstić information content (AvgIpc) is 2.32. The summed E-state index contributed by atoms with van der Waals surface area (Å²) in [5.41, 5.74) is 9.43. The Kier molecular flexibility index (Phi) is 3.75. The van der Waals surface area contributed by atoms with E-state index in [1.807, 2.05) is 0 Å². The molecule has 0 aliphatic rings. The lowest BCUT2D eigenvalue weighted by Crippen LogP contribution is -2.19. The Morgan fingerprint density at radius 2 is 1.70 bits per heavy atom. The van der Waals surface area contributed by atoms with Crippen LogP contribution in [0.3, 0.4) is 0 Å². The second-order valence-corrected chi connectivity index (χ2v) is 6.28. The van der Waals surface area contributed by atoms with Crippen LogP contribution in [0.4, 0.5) is 5.95 Å². The van der Waals surface area contributed by atoms with E-state index in [4.69, 9.17) is 5.73 Å². The van der Waals surface area contributed by atoms with Gasteiger partial charge in [0.15, 0.2) is 0 Å². The van der Waals surface area contributed by atoms with Crippen LogP contribution in [-0.4, -0.2) is 15.0 Å². The number of hydrogen-bond donors (Lipinski definition) is 1. The van der Waals surface area contributed by atoms with Crippen LogP contribution in [0, 0.1) is 13.8 Å². The van der Waals surface area contributed by atoms with Gasteiger partial charge in [-0.25, -0.2) is 4.98 Å². The molecule has 0 amide bonds. The van der Waals surface area contributed by atoms with Crippen molar-refractivity contribution in [3.8, 4) is 0 Å². The predicted molar refractivity (Wildman–Crippen MR) is 81.7 cm³/mol. The van der Waals surface area contributed by atoms with Crippen LogP contribution in [0.25, 0.3) is 0 Å². The molecule has 106 valence electrons. The van der Waals surface area contributed by atoms with Crippen LogP contribution in [0.15, 0.2) is 18.2 Å². The largest absolute Gasteiger partial charge is 0.368 e. The van der Waals surface area contributed by atoms with Crippen LogP contribution >= 0.6 is 0 Å². The average molecular weight is 270 g/mol. The fourth-order valence-electron chi connectivity index (χ4n) is 1.95. The first-order chi connectivity index (χ1) is 9.25. The summed E-state index contributed by atoms with van der Waals surface area (Å²) in [6, 6.07) is 6.41. The molecule has 1 heterocycles. The van der Waals surface area contributed by atoms with Gasteiger partial charge in [0, 0.05) is 11.8 Å². The number of nitrogens with two attached hydrogens (primary N) is 1. The Morgan fingerprint density at radius 3 is 2.30 bits per heavy atom. The van der Waals surface area contributed by atoms with Gasteiger partial charge in [-0.1, -0.05) is 39.0 Å². The first-order valence-corrected chi connectivity index (χ1v) is 6.83. The third kappa shape index (κ3) is 3.32. The number of nitrogens with zero attached hydrogens (tertiary/aromatic N) is 3. The van der Waals surface area contributed by atoms with Crippen molar-refractivity contribution in [2.45, 2.75) is 46.5 Å². The molecule has 1 aromatic heterocycles. The van der Waals surface area contributed by atoms with Crippen LogP contribution < -0.4 is 5.73 Å². The van der Waals surface area contributed by atoms with E-state index in [1.54, 1.807) is 0 Å². The summed E-state index contributed by atoms with van der Waals surface area (Å²) in [6.07, 6.45) is 0.678. The van der Waals surface area contributed by atoms with Crippen molar-refractivity contribution in [3.05, 3.63) is 46.5 Å². The monoisotopic (exact) mass is 270 g/mol. The van der Waals surface area contributed by atoms with Gasteiger partial charge in [-0.15, -0.1) is 0 Å². The minimum absolute atomic E-state index is 0.130. The lowest BCUT2D eigenvalue weighted by atomic mass is 9.96. The highest BCUT2D eigenvalue weighted by Crippen LogP contribution is 2.19. The maximum Gasteiger partial charge on any atom is 0.223 e. The maximum atomic E-state index is 5.80. The molecule has 0 unspecified atom stereocenters.